The predicted octanol–water partition coefficient (Wildman–Crippen LogP) is 4.03. The van der Waals surface area contributed by atoms with E-state index >= 15 is 0 Å². The van der Waals surface area contributed by atoms with Crippen LogP contribution in [-0.2, 0) is 0 Å². The minimum Gasteiger partial charge on any atom is -0.422 e. The average molecular weight is 281 g/mol. The van der Waals surface area contributed by atoms with Gasteiger partial charge in [0.15, 0.2) is 0 Å². The van der Waals surface area contributed by atoms with E-state index in [1.54, 1.807) is 6.20 Å². The molecule has 0 amide bonds. The maximum absolute atomic E-state index is 5.72. The number of aromatic nitrogens is 2. The molecule has 0 radical (unpaired) electrons. The fraction of sp³-hybridized carbons (Fsp3) is 0.500. The van der Waals surface area contributed by atoms with Crippen molar-refractivity contribution in [3.63, 3.8) is 0 Å². The molecule has 16 heavy (non-hydrogen) atoms. The predicted molar refractivity (Wildman–Crippen MR) is 65.3 cm³/mol. The topological polar surface area (TPSA) is 38.9 Å². The molecule has 0 N–H and O–H groups in total. The number of nitrogens with zero attached hydrogens (tertiary/aromatic N) is 2. The lowest BCUT2D eigenvalue weighted by Gasteiger charge is -2.17. The Balaban J connectivity index is 1.97. The van der Waals surface area contributed by atoms with Gasteiger partial charge >= 0.3 is 0 Å². The van der Waals surface area contributed by atoms with Gasteiger partial charge in [0.25, 0.3) is 0 Å². The molecule has 2 aromatic rings. The van der Waals surface area contributed by atoms with E-state index in [9.17, 15) is 0 Å². The molecule has 1 aliphatic carbocycles. The Bertz CT molecular complexity index is 503. The normalized spacial score (nSPS) is 18.1. The van der Waals surface area contributed by atoms with E-state index in [0.29, 0.717) is 11.6 Å². The van der Waals surface area contributed by atoms with Crippen molar-refractivity contribution in [2.45, 2.75) is 38.0 Å². The van der Waals surface area contributed by atoms with Crippen LogP contribution in [0.1, 0.15) is 43.9 Å². The van der Waals surface area contributed by atoms with Crippen LogP contribution in [0, 0.1) is 0 Å². The van der Waals surface area contributed by atoms with E-state index < -0.39 is 0 Å². The molecule has 0 spiro atoms. The summed E-state index contributed by atoms with van der Waals surface area (Å²) < 4.78 is 6.67. The number of hydrogen-bond acceptors (Lipinski definition) is 3. The smallest absolute Gasteiger partial charge is 0.247 e. The van der Waals surface area contributed by atoms with Gasteiger partial charge < -0.3 is 4.42 Å². The van der Waals surface area contributed by atoms with Gasteiger partial charge in [0.2, 0.25) is 11.6 Å². The van der Waals surface area contributed by atoms with Crippen LogP contribution in [-0.4, -0.2) is 9.97 Å². The van der Waals surface area contributed by atoms with Crippen LogP contribution in [0.25, 0.3) is 11.2 Å². The summed E-state index contributed by atoms with van der Waals surface area (Å²) in [6, 6.07) is 1.96. The van der Waals surface area contributed by atoms with Gasteiger partial charge in [0, 0.05) is 16.6 Å². The first kappa shape index (κ1) is 10.3. The van der Waals surface area contributed by atoms with Crippen LogP contribution in [0.15, 0.2) is 21.2 Å². The molecule has 2 heterocycles. The molecule has 0 aromatic carbocycles. The van der Waals surface area contributed by atoms with Crippen LogP contribution in [0.5, 0.6) is 0 Å². The summed E-state index contributed by atoms with van der Waals surface area (Å²) in [5, 5.41) is 0. The van der Waals surface area contributed by atoms with E-state index in [0.717, 1.165) is 15.9 Å². The summed E-state index contributed by atoms with van der Waals surface area (Å²) in [6.45, 7) is 0. The van der Waals surface area contributed by atoms with Crippen LogP contribution in [0.3, 0.4) is 0 Å². The average Bonchev–Trinajstić information content (AvgIpc) is 2.73. The van der Waals surface area contributed by atoms with Crippen molar-refractivity contribution in [3.8, 4) is 0 Å². The lowest BCUT2D eigenvalue weighted by atomic mass is 9.89. The highest BCUT2D eigenvalue weighted by Crippen LogP contribution is 2.33. The Morgan fingerprint density at radius 1 is 1.25 bits per heavy atom. The van der Waals surface area contributed by atoms with Crippen LogP contribution in [0.4, 0.5) is 0 Å². The van der Waals surface area contributed by atoms with Crippen molar-refractivity contribution in [1.29, 1.82) is 0 Å². The van der Waals surface area contributed by atoms with Gasteiger partial charge in [-0.05, 0) is 34.8 Å². The van der Waals surface area contributed by atoms with E-state index in [2.05, 4.69) is 25.9 Å². The SMILES string of the molecule is Brc1cnc2oc(C3CCCCC3)nc2c1. The Morgan fingerprint density at radius 3 is 2.88 bits per heavy atom. The van der Waals surface area contributed by atoms with Crippen molar-refractivity contribution in [3.05, 3.63) is 22.6 Å². The maximum atomic E-state index is 5.72. The van der Waals surface area contributed by atoms with Gasteiger partial charge in [0.05, 0.1) is 0 Å². The zero-order valence-corrected chi connectivity index (χ0v) is 10.5. The maximum Gasteiger partial charge on any atom is 0.247 e. The Morgan fingerprint density at radius 2 is 2.06 bits per heavy atom. The van der Waals surface area contributed by atoms with Crippen LogP contribution in [0.2, 0.25) is 0 Å². The zero-order chi connectivity index (χ0) is 11.0. The molecule has 3 nitrogen and oxygen atoms in total. The highest BCUT2D eigenvalue weighted by Gasteiger charge is 2.21. The number of rotatable bonds is 1. The molecule has 0 bridgehead atoms. The highest BCUT2D eigenvalue weighted by atomic mass is 79.9. The molecule has 1 fully saturated rings. The van der Waals surface area contributed by atoms with Crippen molar-refractivity contribution in [1.82, 2.24) is 9.97 Å². The van der Waals surface area contributed by atoms with Crippen molar-refractivity contribution in [2.75, 3.05) is 0 Å². The number of oxazole rings is 1. The van der Waals surface area contributed by atoms with E-state index in [1.807, 2.05) is 6.07 Å². The summed E-state index contributed by atoms with van der Waals surface area (Å²) in [5.41, 5.74) is 1.51. The minimum absolute atomic E-state index is 0.502. The first-order chi connectivity index (χ1) is 7.83. The number of fused-ring (bicyclic) bond motifs is 1. The van der Waals surface area contributed by atoms with E-state index in [4.69, 9.17) is 4.42 Å². The molecule has 84 valence electrons. The lowest BCUT2D eigenvalue weighted by molar-refractivity contribution is 0.371. The van der Waals surface area contributed by atoms with Crippen molar-refractivity contribution < 1.29 is 4.42 Å². The Kier molecular flexibility index (Phi) is 2.67. The first-order valence-corrected chi connectivity index (χ1v) is 6.54. The molecule has 1 aliphatic rings. The van der Waals surface area contributed by atoms with Crippen molar-refractivity contribution in [2.24, 2.45) is 0 Å². The van der Waals surface area contributed by atoms with Gasteiger partial charge in [-0.1, -0.05) is 19.3 Å². The second kappa shape index (κ2) is 4.17. The van der Waals surface area contributed by atoms with Gasteiger partial charge in [-0.25, -0.2) is 9.97 Å². The van der Waals surface area contributed by atoms with Gasteiger partial charge in [-0.15, -0.1) is 0 Å². The summed E-state index contributed by atoms with van der Waals surface area (Å²) in [6.07, 6.45) is 8.09. The first-order valence-electron chi connectivity index (χ1n) is 5.75. The second-order valence-corrected chi connectivity index (χ2v) is 5.28. The van der Waals surface area contributed by atoms with Gasteiger partial charge in [0.1, 0.15) is 5.52 Å². The molecule has 2 aromatic heterocycles. The molecule has 1 saturated carbocycles. The standard InChI is InChI=1S/C12H13BrN2O/c13-9-6-10-12(14-7-9)16-11(15-10)8-4-2-1-3-5-8/h6-8H,1-5H2. The zero-order valence-electron chi connectivity index (χ0n) is 8.95. The Hall–Kier alpha value is -0.900. The third-order valence-electron chi connectivity index (χ3n) is 3.19. The van der Waals surface area contributed by atoms with Crippen molar-refractivity contribution >= 4 is 27.2 Å². The molecule has 3 rings (SSSR count). The number of pyridine rings is 1. The molecule has 0 aliphatic heterocycles. The summed E-state index contributed by atoms with van der Waals surface area (Å²) >= 11 is 3.39. The molecular weight excluding hydrogens is 268 g/mol. The lowest BCUT2D eigenvalue weighted by Crippen LogP contribution is -2.04. The fourth-order valence-electron chi connectivity index (χ4n) is 2.34. The van der Waals surface area contributed by atoms with Crippen LogP contribution < -0.4 is 0 Å². The summed E-state index contributed by atoms with van der Waals surface area (Å²) in [5.74, 6) is 1.38. The molecule has 0 saturated heterocycles. The fourth-order valence-corrected chi connectivity index (χ4v) is 2.66. The summed E-state index contributed by atoms with van der Waals surface area (Å²) in [7, 11) is 0. The van der Waals surface area contributed by atoms with E-state index in [-0.39, 0.29) is 0 Å². The molecule has 0 atom stereocenters. The van der Waals surface area contributed by atoms with Gasteiger partial charge in [-0.2, -0.15) is 0 Å². The number of halogens is 1. The molecule has 4 heteroatoms. The minimum atomic E-state index is 0.502. The summed E-state index contributed by atoms with van der Waals surface area (Å²) in [4.78, 5) is 8.76. The quantitative estimate of drug-likeness (QED) is 0.792. The third-order valence-corrected chi connectivity index (χ3v) is 3.62. The second-order valence-electron chi connectivity index (χ2n) is 4.36. The third kappa shape index (κ3) is 1.86. The van der Waals surface area contributed by atoms with Crippen LogP contribution >= 0.6 is 15.9 Å². The monoisotopic (exact) mass is 280 g/mol. The van der Waals surface area contributed by atoms with Gasteiger partial charge in [-0.3, -0.25) is 0 Å². The molecular formula is C12H13BrN2O. The van der Waals surface area contributed by atoms with E-state index in [1.165, 1.54) is 32.1 Å². The highest BCUT2D eigenvalue weighted by molar-refractivity contribution is 9.10. The largest absolute Gasteiger partial charge is 0.422 e. The number of hydrogen-bond donors (Lipinski definition) is 0. The molecule has 0 unspecified atom stereocenters. The Labute approximate surface area is 102 Å².